The second-order valence-electron chi connectivity index (χ2n) is 7.75. The van der Waals surface area contributed by atoms with Gasteiger partial charge in [-0.25, -0.2) is 18.7 Å². The first-order chi connectivity index (χ1) is 14.0. The minimum absolute atomic E-state index is 0.0249. The average Bonchev–Trinajstić information content (AvgIpc) is 3.28. The number of nitrogens with one attached hydrogen (secondary N) is 2. The van der Waals surface area contributed by atoms with Crippen LogP contribution in [0.4, 0.5) is 14.7 Å². The van der Waals surface area contributed by atoms with Crippen LogP contribution >= 0.6 is 11.3 Å². The Bertz CT molecular complexity index is 1170. The zero-order valence-electron chi connectivity index (χ0n) is 16.0. The number of aryl methyl sites for hydroxylation is 1. The van der Waals surface area contributed by atoms with Crippen molar-refractivity contribution in [3.8, 4) is 11.1 Å². The third-order valence-electron chi connectivity index (χ3n) is 5.62. The van der Waals surface area contributed by atoms with Crippen molar-refractivity contribution in [1.29, 1.82) is 0 Å². The first kappa shape index (κ1) is 18.4. The monoisotopic (exact) mass is 413 g/mol. The van der Waals surface area contributed by atoms with Gasteiger partial charge >= 0.3 is 0 Å². The summed E-state index contributed by atoms with van der Waals surface area (Å²) in [6.07, 6.45) is 4.78. The zero-order chi connectivity index (χ0) is 20.0. The highest BCUT2D eigenvalue weighted by Crippen LogP contribution is 2.36. The normalized spacial score (nSPS) is 17.2. The van der Waals surface area contributed by atoms with E-state index in [0.717, 1.165) is 37.4 Å². The number of nitrogens with zero attached hydrogens (tertiary/aromatic N) is 3. The van der Waals surface area contributed by atoms with Crippen LogP contribution in [0.2, 0.25) is 0 Å². The molecular formula is C21H21F2N5S. The Morgan fingerprint density at radius 2 is 2.07 bits per heavy atom. The van der Waals surface area contributed by atoms with E-state index in [0.29, 0.717) is 25.3 Å². The molecule has 0 amide bonds. The number of H-pyrrole nitrogens is 1. The number of anilines is 1. The molecule has 0 bridgehead atoms. The Morgan fingerprint density at radius 1 is 1.24 bits per heavy atom. The fourth-order valence-corrected chi connectivity index (χ4v) is 4.84. The molecule has 3 aromatic heterocycles. The Kier molecular flexibility index (Phi) is 4.46. The summed E-state index contributed by atoms with van der Waals surface area (Å²) in [5.41, 5.74) is 3.92. The lowest BCUT2D eigenvalue weighted by Gasteiger charge is -2.28. The Labute approximate surface area is 170 Å². The number of rotatable bonds is 4. The average molecular weight is 413 g/mol. The van der Waals surface area contributed by atoms with Crippen molar-refractivity contribution in [3.63, 3.8) is 0 Å². The van der Waals surface area contributed by atoms with Gasteiger partial charge in [0.15, 0.2) is 0 Å². The van der Waals surface area contributed by atoms with Gasteiger partial charge in [-0.05, 0) is 43.4 Å². The van der Waals surface area contributed by atoms with E-state index in [9.17, 15) is 8.78 Å². The molecule has 0 atom stereocenters. The largest absolute Gasteiger partial charge is 0.354 e. The number of benzene rings is 1. The second-order valence-corrected chi connectivity index (χ2v) is 8.99. The lowest BCUT2D eigenvalue weighted by Crippen LogP contribution is -2.28. The van der Waals surface area contributed by atoms with E-state index in [4.69, 9.17) is 0 Å². The fourth-order valence-electron chi connectivity index (χ4n) is 3.98. The van der Waals surface area contributed by atoms with Crippen LogP contribution in [-0.4, -0.2) is 32.4 Å². The van der Waals surface area contributed by atoms with E-state index in [2.05, 4.69) is 37.4 Å². The predicted octanol–water partition coefficient (Wildman–Crippen LogP) is 5.78. The van der Waals surface area contributed by atoms with Gasteiger partial charge in [-0.15, -0.1) is 11.3 Å². The van der Waals surface area contributed by atoms with Crippen molar-refractivity contribution < 1.29 is 8.78 Å². The van der Waals surface area contributed by atoms with E-state index >= 15 is 0 Å². The van der Waals surface area contributed by atoms with E-state index < -0.39 is 5.92 Å². The van der Waals surface area contributed by atoms with Gasteiger partial charge in [0.1, 0.15) is 5.65 Å². The minimum Gasteiger partial charge on any atom is -0.354 e. The quantitative estimate of drug-likeness (QED) is 0.445. The van der Waals surface area contributed by atoms with Crippen molar-refractivity contribution in [2.75, 3.05) is 11.9 Å². The number of fused-ring (bicyclic) bond motifs is 2. The molecule has 5 rings (SSSR count). The van der Waals surface area contributed by atoms with E-state index in [-0.39, 0.29) is 18.8 Å². The van der Waals surface area contributed by atoms with Crippen LogP contribution in [0.15, 0.2) is 30.6 Å². The van der Waals surface area contributed by atoms with Crippen molar-refractivity contribution in [2.45, 2.75) is 38.5 Å². The van der Waals surface area contributed by atoms with Crippen LogP contribution in [0, 0.1) is 12.8 Å². The van der Waals surface area contributed by atoms with Gasteiger partial charge in [0, 0.05) is 42.7 Å². The van der Waals surface area contributed by atoms with Crippen LogP contribution in [0.5, 0.6) is 0 Å². The maximum atomic E-state index is 13.3. The molecule has 0 spiro atoms. The number of hydrogen-bond acceptors (Lipinski definition) is 5. The molecule has 29 heavy (non-hydrogen) atoms. The van der Waals surface area contributed by atoms with Gasteiger partial charge in [-0.3, -0.25) is 0 Å². The Morgan fingerprint density at radius 3 is 2.90 bits per heavy atom. The maximum Gasteiger partial charge on any atom is 0.248 e. The van der Waals surface area contributed by atoms with Crippen molar-refractivity contribution >= 4 is 38.5 Å². The molecule has 1 aliphatic rings. The predicted molar refractivity (Wildman–Crippen MR) is 113 cm³/mol. The molecule has 1 fully saturated rings. The molecule has 3 heterocycles. The molecule has 0 radical (unpaired) electrons. The first-order valence-corrected chi connectivity index (χ1v) is 10.6. The number of aromatic amines is 1. The second kappa shape index (κ2) is 7.02. The number of halogens is 2. The summed E-state index contributed by atoms with van der Waals surface area (Å²) in [6, 6.07) is 6.25. The highest BCUT2D eigenvalue weighted by Gasteiger charge is 2.34. The summed E-state index contributed by atoms with van der Waals surface area (Å²) >= 11 is 1.68. The van der Waals surface area contributed by atoms with E-state index in [1.165, 1.54) is 0 Å². The molecule has 0 aliphatic heterocycles. The highest BCUT2D eigenvalue weighted by atomic mass is 32.1. The van der Waals surface area contributed by atoms with Gasteiger partial charge in [0.2, 0.25) is 11.9 Å². The molecule has 4 aromatic rings. The van der Waals surface area contributed by atoms with Crippen molar-refractivity contribution in [3.05, 3.63) is 35.6 Å². The number of hydrogen-bond donors (Lipinski definition) is 2. The highest BCUT2D eigenvalue weighted by molar-refractivity contribution is 7.18. The topological polar surface area (TPSA) is 66.5 Å². The number of alkyl halides is 2. The van der Waals surface area contributed by atoms with Gasteiger partial charge in [0.05, 0.1) is 15.2 Å². The fraction of sp³-hybridized carbons (Fsp3) is 0.381. The molecule has 1 aromatic carbocycles. The molecule has 2 N–H and O–H groups in total. The molecule has 8 heteroatoms. The summed E-state index contributed by atoms with van der Waals surface area (Å²) < 4.78 is 27.7. The summed E-state index contributed by atoms with van der Waals surface area (Å²) in [5.74, 6) is -1.73. The molecule has 0 saturated heterocycles. The SMILES string of the molecule is Cc1nc2ccc(-c3c[nH]c4nc(NCC5CCC(F)(F)CC5)ncc34)cc2s1. The summed E-state index contributed by atoms with van der Waals surface area (Å²) in [6.45, 7) is 2.63. The van der Waals surface area contributed by atoms with E-state index in [1.54, 1.807) is 11.3 Å². The third-order valence-corrected chi connectivity index (χ3v) is 6.56. The van der Waals surface area contributed by atoms with Crippen LogP contribution < -0.4 is 5.32 Å². The molecule has 150 valence electrons. The van der Waals surface area contributed by atoms with Crippen LogP contribution in [0.1, 0.15) is 30.7 Å². The first-order valence-electron chi connectivity index (χ1n) is 9.80. The molecule has 1 aliphatic carbocycles. The van der Waals surface area contributed by atoms with Crippen LogP contribution in [-0.2, 0) is 0 Å². The van der Waals surface area contributed by atoms with Crippen LogP contribution in [0.3, 0.4) is 0 Å². The molecular weight excluding hydrogens is 392 g/mol. The van der Waals surface area contributed by atoms with Gasteiger partial charge in [-0.1, -0.05) is 6.07 Å². The molecule has 5 nitrogen and oxygen atoms in total. The van der Waals surface area contributed by atoms with E-state index in [1.807, 2.05) is 25.4 Å². The lowest BCUT2D eigenvalue weighted by molar-refractivity contribution is -0.0443. The molecule has 1 saturated carbocycles. The lowest BCUT2D eigenvalue weighted by atomic mass is 9.87. The summed E-state index contributed by atoms with van der Waals surface area (Å²) in [5, 5.41) is 5.22. The maximum absolute atomic E-state index is 13.3. The zero-order valence-corrected chi connectivity index (χ0v) is 16.8. The summed E-state index contributed by atoms with van der Waals surface area (Å²) in [7, 11) is 0. The number of aromatic nitrogens is 4. The Balaban J connectivity index is 1.34. The van der Waals surface area contributed by atoms with Gasteiger partial charge in [-0.2, -0.15) is 4.98 Å². The van der Waals surface area contributed by atoms with Crippen molar-refractivity contribution in [2.24, 2.45) is 5.92 Å². The van der Waals surface area contributed by atoms with Gasteiger partial charge in [0.25, 0.3) is 0 Å². The smallest absolute Gasteiger partial charge is 0.248 e. The van der Waals surface area contributed by atoms with Gasteiger partial charge < -0.3 is 10.3 Å². The number of thiazole rings is 1. The third kappa shape index (κ3) is 3.69. The van der Waals surface area contributed by atoms with Crippen LogP contribution in [0.25, 0.3) is 32.4 Å². The standard InChI is InChI=1S/C21H21F2N5S/c1-12-27-17-3-2-14(8-18(17)29-12)15-10-24-19-16(15)11-26-20(28-19)25-9-13-4-6-21(22,23)7-5-13/h2-3,8,10-11,13H,4-7,9H2,1H3,(H2,24,25,26,28). The summed E-state index contributed by atoms with van der Waals surface area (Å²) in [4.78, 5) is 16.7. The van der Waals surface area contributed by atoms with Crippen molar-refractivity contribution in [1.82, 2.24) is 19.9 Å². The Hall–Kier alpha value is -2.61. The molecule has 0 unspecified atom stereocenters. The minimum atomic E-state index is -2.49.